The van der Waals surface area contributed by atoms with E-state index in [4.69, 9.17) is 13.9 Å². The summed E-state index contributed by atoms with van der Waals surface area (Å²) in [6.07, 6.45) is -1.21. The molecule has 7 nitrogen and oxygen atoms in total. The highest BCUT2D eigenvalue weighted by molar-refractivity contribution is 9.10. The van der Waals surface area contributed by atoms with E-state index < -0.39 is 25.3 Å². The van der Waals surface area contributed by atoms with Crippen LogP contribution in [0.2, 0.25) is 5.04 Å². The van der Waals surface area contributed by atoms with Crippen LogP contribution in [-0.2, 0) is 14.0 Å². The molecule has 1 unspecified atom stereocenters. The first-order valence-electron chi connectivity index (χ1n) is 11.0. The molecule has 0 saturated carbocycles. The number of nitro groups is 1. The summed E-state index contributed by atoms with van der Waals surface area (Å²) in [5.41, 5.74) is -0.265. The molecule has 184 valence electrons. The van der Waals surface area contributed by atoms with Crippen molar-refractivity contribution in [2.24, 2.45) is 0 Å². The summed E-state index contributed by atoms with van der Waals surface area (Å²) in [6, 6.07) is 24.3. The number of rotatable bonds is 9. The second-order valence-corrected chi connectivity index (χ2v) is 14.2. The normalized spacial score (nSPS) is 12.6. The summed E-state index contributed by atoms with van der Waals surface area (Å²) >= 11 is 3.23. The standard InChI is InChI=1S/C26H28BrNO6Si/c1-26(2,3)35(20-11-7-5-8-12-20,21-13-9-6-10-14-21)33-18-24(25(29)32-4)34-23-16-15-19(27)17-22(23)28(30)31/h5-17,24H,18H2,1-4H3. The molecule has 3 aromatic carbocycles. The second kappa shape index (κ2) is 11.2. The smallest absolute Gasteiger partial charge is 0.349 e. The van der Waals surface area contributed by atoms with E-state index in [1.807, 2.05) is 60.7 Å². The predicted molar refractivity (Wildman–Crippen MR) is 141 cm³/mol. The van der Waals surface area contributed by atoms with Gasteiger partial charge in [0.25, 0.3) is 8.32 Å². The zero-order valence-electron chi connectivity index (χ0n) is 20.1. The molecule has 0 fully saturated rings. The molecule has 3 aromatic rings. The van der Waals surface area contributed by atoms with Crippen molar-refractivity contribution in [3.63, 3.8) is 0 Å². The Kier molecular flexibility index (Phi) is 8.47. The molecule has 0 amide bonds. The van der Waals surface area contributed by atoms with Gasteiger partial charge < -0.3 is 13.9 Å². The first-order chi connectivity index (χ1) is 16.6. The number of esters is 1. The molecule has 0 saturated heterocycles. The maximum absolute atomic E-state index is 12.7. The Hall–Kier alpha value is -3.01. The Morgan fingerprint density at radius 1 is 1.00 bits per heavy atom. The minimum Gasteiger partial charge on any atom is -0.469 e. The highest BCUT2D eigenvalue weighted by Gasteiger charge is 2.51. The zero-order chi connectivity index (χ0) is 25.6. The summed E-state index contributed by atoms with van der Waals surface area (Å²) < 4.78 is 18.1. The lowest BCUT2D eigenvalue weighted by Gasteiger charge is -2.43. The van der Waals surface area contributed by atoms with Crippen LogP contribution >= 0.6 is 15.9 Å². The molecular weight excluding hydrogens is 530 g/mol. The van der Waals surface area contributed by atoms with Crippen LogP contribution in [0.15, 0.2) is 83.3 Å². The predicted octanol–water partition coefficient (Wildman–Crippen LogP) is 4.85. The average Bonchev–Trinajstić information content (AvgIpc) is 2.84. The molecule has 0 radical (unpaired) electrons. The Morgan fingerprint density at radius 3 is 2.00 bits per heavy atom. The number of carbonyl (C=O) groups excluding carboxylic acids is 1. The molecule has 0 aliphatic rings. The molecule has 0 aliphatic heterocycles. The van der Waals surface area contributed by atoms with Gasteiger partial charge in [-0.1, -0.05) is 97.4 Å². The fourth-order valence-electron chi connectivity index (χ4n) is 4.13. The molecule has 0 spiro atoms. The van der Waals surface area contributed by atoms with Crippen LogP contribution in [0.1, 0.15) is 20.8 Å². The lowest BCUT2D eigenvalue weighted by atomic mass is 10.2. The molecule has 3 rings (SSSR count). The van der Waals surface area contributed by atoms with Gasteiger partial charge in [0.15, 0.2) is 5.75 Å². The van der Waals surface area contributed by atoms with Crippen LogP contribution in [0.4, 0.5) is 5.69 Å². The van der Waals surface area contributed by atoms with Gasteiger partial charge in [0.1, 0.15) is 0 Å². The lowest BCUT2D eigenvalue weighted by Crippen LogP contribution is -2.67. The van der Waals surface area contributed by atoms with E-state index in [0.717, 1.165) is 10.4 Å². The van der Waals surface area contributed by atoms with E-state index in [9.17, 15) is 14.9 Å². The molecule has 0 aromatic heterocycles. The summed E-state index contributed by atoms with van der Waals surface area (Å²) in [5, 5.41) is 13.3. The van der Waals surface area contributed by atoms with Gasteiger partial charge >= 0.3 is 11.7 Å². The third-order valence-corrected chi connectivity index (χ3v) is 11.2. The fourth-order valence-corrected chi connectivity index (χ4v) is 9.04. The van der Waals surface area contributed by atoms with Crippen molar-refractivity contribution in [3.05, 3.63) is 93.4 Å². The van der Waals surface area contributed by atoms with Gasteiger partial charge in [-0.25, -0.2) is 4.79 Å². The third kappa shape index (κ3) is 5.80. The first kappa shape index (κ1) is 26.6. The highest BCUT2D eigenvalue weighted by atomic mass is 79.9. The van der Waals surface area contributed by atoms with Gasteiger partial charge in [0.2, 0.25) is 6.10 Å². The van der Waals surface area contributed by atoms with E-state index in [0.29, 0.717) is 4.47 Å². The molecule has 0 bridgehead atoms. The first-order valence-corrected chi connectivity index (χ1v) is 13.7. The van der Waals surface area contributed by atoms with Crippen LogP contribution in [-0.4, -0.2) is 39.0 Å². The van der Waals surface area contributed by atoms with Gasteiger partial charge in [-0.3, -0.25) is 10.1 Å². The number of benzene rings is 3. The van der Waals surface area contributed by atoms with Gasteiger partial charge in [-0.15, -0.1) is 0 Å². The minimum atomic E-state index is -2.96. The maximum atomic E-state index is 12.7. The van der Waals surface area contributed by atoms with Crippen molar-refractivity contribution in [1.29, 1.82) is 0 Å². The summed E-state index contributed by atoms with van der Waals surface area (Å²) in [7, 11) is -1.71. The molecule has 0 N–H and O–H groups in total. The van der Waals surface area contributed by atoms with E-state index >= 15 is 0 Å². The highest BCUT2D eigenvalue weighted by Crippen LogP contribution is 2.37. The van der Waals surface area contributed by atoms with Crippen LogP contribution in [0.5, 0.6) is 5.75 Å². The number of methoxy groups -OCH3 is 1. The number of ether oxygens (including phenoxy) is 2. The summed E-state index contributed by atoms with van der Waals surface area (Å²) in [4.78, 5) is 23.7. The lowest BCUT2D eigenvalue weighted by molar-refractivity contribution is -0.386. The van der Waals surface area contributed by atoms with Crippen LogP contribution in [0.3, 0.4) is 0 Å². The zero-order valence-corrected chi connectivity index (χ0v) is 22.7. The largest absolute Gasteiger partial charge is 0.469 e. The molecule has 1 atom stereocenters. The quantitative estimate of drug-likeness (QED) is 0.162. The van der Waals surface area contributed by atoms with Gasteiger partial charge in [-0.2, -0.15) is 0 Å². The average molecular weight is 559 g/mol. The van der Waals surface area contributed by atoms with E-state index in [2.05, 4.69) is 36.7 Å². The SMILES string of the molecule is COC(=O)C(CO[Si](c1ccccc1)(c1ccccc1)C(C)(C)C)Oc1ccc(Br)cc1[N+](=O)[O-]. The number of nitro benzene ring substituents is 1. The third-order valence-electron chi connectivity index (χ3n) is 5.72. The van der Waals surface area contributed by atoms with Crippen LogP contribution in [0, 0.1) is 10.1 Å². The van der Waals surface area contributed by atoms with E-state index in [-0.39, 0.29) is 23.1 Å². The van der Waals surface area contributed by atoms with Crippen molar-refractivity contribution in [1.82, 2.24) is 0 Å². The topological polar surface area (TPSA) is 87.9 Å². The molecule has 35 heavy (non-hydrogen) atoms. The number of nitrogens with zero attached hydrogens (tertiary/aromatic N) is 1. The molecule has 9 heteroatoms. The van der Waals surface area contributed by atoms with Crippen LogP contribution < -0.4 is 15.1 Å². The summed E-state index contributed by atoms with van der Waals surface area (Å²) in [6.45, 7) is 6.21. The Labute approximate surface area is 214 Å². The van der Waals surface area contributed by atoms with Crippen LogP contribution in [0.25, 0.3) is 0 Å². The van der Waals surface area contributed by atoms with Crippen molar-refractivity contribution < 1.29 is 23.6 Å². The Bertz CT molecular complexity index is 1130. The minimum absolute atomic E-state index is 0.0420. The van der Waals surface area contributed by atoms with E-state index in [1.165, 1.54) is 19.2 Å². The molecule has 0 aliphatic carbocycles. The van der Waals surface area contributed by atoms with Crippen molar-refractivity contribution in [2.75, 3.05) is 13.7 Å². The van der Waals surface area contributed by atoms with Crippen molar-refractivity contribution >= 4 is 46.3 Å². The number of hydrogen-bond acceptors (Lipinski definition) is 6. The summed E-state index contributed by atoms with van der Waals surface area (Å²) in [5.74, 6) is -0.722. The van der Waals surface area contributed by atoms with Crippen molar-refractivity contribution in [3.8, 4) is 5.75 Å². The van der Waals surface area contributed by atoms with E-state index in [1.54, 1.807) is 6.07 Å². The molecule has 0 heterocycles. The Balaban J connectivity index is 2.05. The number of hydrogen-bond donors (Lipinski definition) is 0. The van der Waals surface area contributed by atoms with Gasteiger partial charge in [-0.05, 0) is 27.5 Å². The monoisotopic (exact) mass is 557 g/mol. The van der Waals surface area contributed by atoms with Gasteiger partial charge in [0, 0.05) is 10.5 Å². The fraction of sp³-hybridized carbons (Fsp3) is 0.269. The van der Waals surface area contributed by atoms with Crippen molar-refractivity contribution in [2.45, 2.75) is 31.9 Å². The Morgan fingerprint density at radius 2 is 1.54 bits per heavy atom. The number of carbonyl (C=O) groups is 1. The second-order valence-electron chi connectivity index (χ2n) is 8.97. The molecular formula is C26H28BrNO6Si. The maximum Gasteiger partial charge on any atom is 0.349 e. The number of halogens is 1. The van der Waals surface area contributed by atoms with Gasteiger partial charge in [0.05, 0.1) is 18.6 Å².